The molecule has 0 unspecified atom stereocenters. The molecule has 1 fully saturated rings. The van der Waals surface area contributed by atoms with E-state index >= 15 is 0 Å². The molecule has 2 rings (SSSR count). The summed E-state index contributed by atoms with van der Waals surface area (Å²) in [7, 11) is 1.97. The maximum absolute atomic E-state index is 12.3. The first-order valence-corrected chi connectivity index (χ1v) is 8.14. The van der Waals surface area contributed by atoms with E-state index in [1.165, 1.54) is 10.4 Å². The first-order valence-electron chi connectivity index (χ1n) is 7.26. The van der Waals surface area contributed by atoms with Crippen molar-refractivity contribution in [2.75, 3.05) is 26.7 Å². The van der Waals surface area contributed by atoms with Gasteiger partial charge >= 0.3 is 0 Å². The number of aryl methyl sites for hydroxylation is 1. The number of amides is 2. The van der Waals surface area contributed by atoms with Gasteiger partial charge in [-0.05, 0) is 43.8 Å². The fourth-order valence-corrected chi connectivity index (χ4v) is 3.60. The molecule has 0 saturated carbocycles. The summed E-state index contributed by atoms with van der Waals surface area (Å²) in [6, 6.07) is 2.10. The number of rotatable bonds is 5. The van der Waals surface area contributed by atoms with Gasteiger partial charge in [0.05, 0.1) is 6.54 Å². The van der Waals surface area contributed by atoms with Gasteiger partial charge in [-0.15, -0.1) is 11.3 Å². The second-order valence-corrected chi connectivity index (χ2v) is 6.76. The van der Waals surface area contributed by atoms with Gasteiger partial charge in [0.2, 0.25) is 11.8 Å². The van der Waals surface area contributed by atoms with Crippen LogP contribution in [0, 0.1) is 12.8 Å². The van der Waals surface area contributed by atoms with Crippen molar-refractivity contribution in [2.24, 2.45) is 11.7 Å². The number of carbonyl (C=O) groups is 2. The minimum Gasteiger partial charge on any atom is -0.369 e. The summed E-state index contributed by atoms with van der Waals surface area (Å²) in [4.78, 5) is 28.6. The predicted octanol–water partition coefficient (Wildman–Crippen LogP) is 1.21. The molecule has 2 N–H and O–H groups in total. The van der Waals surface area contributed by atoms with E-state index in [2.05, 4.69) is 18.4 Å². The number of carbonyl (C=O) groups excluding carboxylic acids is 2. The van der Waals surface area contributed by atoms with Crippen molar-refractivity contribution in [3.05, 3.63) is 21.9 Å². The van der Waals surface area contributed by atoms with Crippen LogP contribution in [0.3, 0.4) is 0 Å². The largest absolute Gasteiger partial charge is 0.369 e. The molecule has 2 heterocycles. The molecular weight excluding hydrogens is 286 g/mol. The molecule has 2 amide bonds. The number of likely N-dealkylation sites (tertiary alicyclic amines) is 1. The first-order chi connectivity index (χ1) is 9.97. The van der Waals surface area contributed by atoms with E-state index in [4.69, 9.17) is 5.73 Å². The average molecular weight is 309 g/mol. The Morgan fingerprint density at radius 1 is 1.43 bits per heavy atom. The highest BCUT2D eigenvalue weighted by Crippen LogP contribution is 2.19. The number of piperidine rings is 1. The second-order valence-electron chi connectivity index (χ2n) is 5.76. The summed E-state index contributed by atoms with van der Waals surface area (Å²) < 4.78 is 0. The standard InChI is InChI=1S/C15H23N3O2S/c1-11-5-8-21-13(11)9-17(2)10-14(19)18-6-3-12(4-7-18)15(16)20/h5,8,12H,3-4,6-7,9-10H2,1-2H3,(H2,16,20). The molecule has 0 radical (unpaired) electrons. The van der Waals surface area contributed by atoms with Crippen LogP contribution in [-0.2, 0) is 16.1 Å². The summed E-state index contributed by atoms with van der Waals surface area (Å²) >= 11 is 1.73. The lowest BCUT2D eigenvalue weighted by molar-refractivity contribution is -0.135. The third-order valence-electron chi connectivity index (χ3n) is 4.04. The molecule has 1 aromatic heterocycles. The minimum absolute atomic E-state index is 0.0689. The molecule has 0 atom stereocenters. The van der Waals surface area contributed by atoms with Crippen LogP contribution in [0.1, 0.15) is 23.3 Å². The zero-order valence-corrected chi connectivity index (χ0v) is 13.5. The molecule has 0 bridgehead atoms. The van der Waals surface area contributed by atoms with Crippen LogP contribution in [-0.4, -0.2) is 48.3 Å². The molecule has 0 aromatic carbocycles. The van der Waals surface area contributed by atoms with E-state index < -0.39 is 0 Å². The number of primary amides is 1. The lowest BCUT2D eigenvalue weighted by atomic mass is 9.96. The van der Waals surface area contributed by atoms with Crippen LogP contribution in [0.2, 0.25) is 0 Å². The molecule has 1 aliphatic rings. The van der Waals surface area contributed by atoms with Gasteiger partial charge in [-0.2, -0.15) is 0 Å². The molecule has 1 saturated heterocycles. The zero-order chi connectivity index (χ0) is 15.4. The van der Waals surface area contributed by atoms with Crippen LogP contribution >= 0.6 is 11.3 Å². The Morgan fingerprint density at radius 3 is 2.62 bits per heavy atom. The Morgan fingerprint density at radius 2 is 2.10 bits per heavy atom. The number of hydrogen-bond donors (Lipinski definition) is 1. The Hall–Kier alpha value is -1.40. The topological polar surface area (TPSA) is 66.6 Å². The van der Waals surface area contributed by atoms with Crippen LogP contribution < -0.4 is 5.73 Å². The predicted molar refractivity (Wildman–Crippen MR) is 83.9 cm³/mol. The molecule has 6 heteroatoms. The number of nitrogens with two attached hydrogens (primary N) is 1. The lowest BCUT2D eigenvalue weighted by Crippen LogP contribution is -2.45. The SMILES string of the molecule is Cc1ccsc1CN(C)CC(=O)N1CCC(C(N)=O)CC1. The Bertz CT molecular complexity index is 507. The third kappa shape index (κ3) is 4.28. The molecule has 0 aliphatic carbocycles. The number of thiophene rings is 1. The molecule has 1 aliphatic heterocycles. The van der Waals surface area contributed by atoms with Gasteiger partial charge in [0.1, 0.15) is 0 Å². The van der Waals surface area contributed by atoms with Crippen LogP contribution in [0.15, 0.2) is 11.4 Å². The number of hydrogen-bond acceptors (Lipinski definition) is 4. The molecule has 0 spiro atoms. The van der Waals surface area contributed by atoms with Gasteiger partial charge in [0.25, 0.3) is 0 Å². The highest BCUT2D eigenvalue weighted by Gasteiger charge is 2.26. The van der Waals surface area contributed by atoms with Gasteiger partial charge < -0.3 is 10.6 Å². The molecule has 5 nitrogen and oxygen atoms in total. The van der Waals surface area contributed by atoms with Crippen LogP contribution in [0.25, 0.3) is 0 Å². The summed E-state index contributed by atoms with van der Waals surface area (Å²) in [6.45, 7) is 4.58. The van der Waals surface area contributed by atoms with Crippen molar-refractivity contribution in [1.82, 2.24) is 9.80 Å². The van der Waals surface area contributed by atoms with E-state index in [0.29, 0.717) is 32.5 Å². The van der Waals surface area contributed by atoms with E-state index in [-0.39, 0.29) is 17.7 Å². The summed E-state index contributed by atoms with van der Waals surface area (Å²) in [6.07, 6.45) is 1.38. The summed E-state index contributed by atoms with van der Waals surface area (Å²) in [5.74, 6) is -0.178. The Balaban J connectivity index is 1.79. The quantitative estimate of drug-likeness (QED) is 0.889. The molecule has 1 aromatic rings. The first kappa shape index (κ1) is 16.0. The van der Waals surface area contributed by atoms with Gasteiger partial charge in [-0.1, -0.05) is 0 Å². The van der Waals surface area contributed by atoms with Crippen molar-refractivity contribution < 1.29 is 9.59 Å². The highest BCUT2D eigenvalue weighted by molar-refractivity contribution is 7.10. The van der Waals surface area contributed by atoms with E-state index in [9.17, 15) is 9.59 Å². The molecule has 21 heavy (non-hydrogen) atoms. The summed E-state index contributed by atoms with van der Waals surface area (Å²) in [5.41, 5.74) is 6.59. The van der Waals surface area contributed by atoms with Crippen molar-refractivity contribution in [1.29, 1.82) is 0 Å². The highest BCUT2D eigenvalue weighted by atomic mass is 32.1. The van der Waals surface area contributed by atoms with Crippen LogP contribution in [0.5, 0.6) is 0 Å². The second kappa shape index (κ2) is 7.04. The van der Waals surface area contributed by atoms with E-state index in [0.717, 1.165) is 6.54 Å². The fraction of sp³-hybridized carbons (Fsp3) is 0.600. The van der Waals surface area contributed by atoms with Gasteiger partial charge in [0, 0.05) is 30.4 Å². The van der Waals surface area contributed by atoms with Crippen molar-refractivity contribution in [3.8, 4) is 0 Å². The third-order valence-corrected chi connectivity index (χ3v) is 5.04. The number of likely N-dealkylation sites (N-methyl/N-ethyl adjacent to an activating group) is 1. The van der Waals surface area contributed by atoms with Gasteiger partial charge in [-0.3, -0.25) is 14.5 Å². The van der Waals surface area contributed by atoms with Gasteiger partial charge in [-0.25, -0.2) is 0 Å². The molecular formula is C15H23N3O2S. The summed E-state index contributed by atoms with van der Waals surface area (Å²) in [5, 5.41) is 2.08. The maximum Gasteiger partial charge on any atom is 0.236 e. The fourth-order valence-electron chi connectivity index (χ4n) is 2.61. The van der Waals surface area contributed by atoms with E-state index in [1.807, 2.05) is 16.8 Å². The van der Waals surface area contributed by atoms with Crippen molar-refractivity contribution >= 4 is 23.2 Å². The molecule has 116 valence electrons. The zero-order valence-electron chi connectivity index (χ0n) is 12.7. The van der Waals surface area contributed by atoms with Crippen molar-refractivity contribution in [3.63, 3.8) is 0 Å². The van der Waals surface area contributed by atoms with E-state index in [1.54, 1.807) is 11.3 Å². The normalized spacial score (nSPS) is 16.4. The minimum atomic E-state index is -0.243. The monoisotopic (exact) mass is 309 g/mol. The van der Waals surface area contributed by atoms with Gasteiger partial charge in [0.15, 0.2) is 0 Å². The smallest absolute Gasteiger partial charge is 0.236 e. The average Bonchev–Trinajstić information content (AvgIpc) is 2.84. The van der Waals surface area contributed by atoms with Crippen molar-refractivity contribution in [2.45, 2.75) is 26.3 Å². The van der Waals surface area contributed by atoms with Crippen LogP contribution in [0.4, 0.5) is 0 Å². The number of nitrogens with zero attached hydrogens (tertiary/aromatic N) is 2. The maximum atomic E-state index is 12.3. The Kier molecular flexibility index (Phi) is 5.36. The lowest BCUT2D eigenvalue weighted by Gasteiger charge is -2.31. The Labute approximate surface area is 129 Å².